The fourth-order valence-corrected chi connectivity index (χ4v) is 4.23. The lowest BCUT2D eigenvalue weighted by atomic mass is 10.2. The third kappa shape index (κ3) is 6.58. The molecule has 0 unspecified atom stereocenters. The van der Waals surface area contributed by atoms with E-state index in [1.54, 1.807) is 6.92 Å². The molecule has 1 aliphatic rings. The number of benzene rings is 1. The molecule has 1 N–H and O–H groups in total. The summed E-state index contributed by atoms with van der Waals surface area (Å²) in [5, 5.41) is 9.14. The van der Waals surface area contributed by atoms with Crippen LogP contribution in [0.1, 0.15) is 12.5 Å². The van der Waals surface area contributed by atoms with Gasteiger partial charge in [-0.3, -0.25) is 9.59 Å². The average Bonchev–Trinajstić information content (AvgIpc) is 3.06. The van der Waals surface area contributed by atoms with Crippen LogP contribution in [0.5, 0.6) is 0 Å². The molecule has 0 aliphatic carbocycles. The van der Waals surface area contributed by atoms with Crippen molar-refractivity contribution in [1.29, 1.82) is 5.26 Å². The van der Waals surface area contributed by atoms with Gasteiger partial charge in [0.1, 0.15) is 13.2 Å². The van der Waals surface area contributed by atoms with Crippen molar-refractivity contribution < 1.29 is 32.3 Å². The number of esters is 2. The molecule has 1 fully saturated rings. The summed E-state index contributed by atoms with van der Waals surface area (Å²) in [4.78, 5) is 36.5. The fourth-order valence-electron chi connectivity index (χ4n) is 2.30. The van der Waals surface area contributed by atoms with Crippen molar-refractivity contribution in [3.63, 3.8) is 0 Å². The summed E-state index contributed by atoms with van der Waals surface area (Å²) >= 11 is 1.17. The molecule has 0 radical (unpaired) electrons. The van der Waals surface area contributed by atoms with Gasteiger partial charge < -0.3 is 14.4 Å². The Balaban J connectivity index is 1.83. The van der Waals surface area contributed by atoms with E-state index in [0.717, 1.165) is 0 Å². The van der Waals surface area contributed by atoms with Gasteiger partial charge in [-0.2, -0.15) is 9.98 Å². The van der Waals surface area contributed by atoms with E-state index in [2.05, 4.69) is 4.72 Å². The quantitative estimate of drug-likeness (QED) is 0.414. The summed E-state index contributed by atoms with van der Waals surface area (Å²) in [7, 11) is -3.95. The van der Waals surface area contributed by atoms with Crippen LogP contribution in [-0.2, 0) is 33.9 Å². The average molecular weight is 453 g/mol. The minimum Gasteiger partial charge on any atom is -0.463 e. The number of amides is 1. The van der Waals surface area contributed by atoms with Gasteiger partial charge in [-0.1, -0.05) is 11.8 Å². The number of thioether (sulfide) groups is 1. The summed E-state index contributed by atoms with van der Waals surface area (Å²) in [6.07, 6.45) is 1.20. The minimum atomic E-state index is -3.95. The largest absolute Gasteiger partial charge is 0.463 e. The first-order valence-corrected chi connectivity index (χ1v) is 11.2. The summed E-state index contributed by atoms with van der Waals surface area (Å²) in [5.74, 6) is -1.49. The smallest absolute Gasteiger partial charge is 0.333 e. The van der Waals surface area contributed by atoms with Crippen LogP contribution < -0.4 is 4.72 Å². The van der Waals surface area contributed by atoms with Crippen LogP contribution in [0.3, 0.4) is 0 Å². The zero-order valence-electron chi connectivity index (χ0n) is 16.0. The van der Waals surface area contributed by atoms with Gasteiger partial charge in [-0.15, -0.1) is 0 Å². The minimum absolute atomic E-state index is 0.0190. The van der Waals surface area contributed by atoms with Gasteiger partial charge in [-0.05, 0) is 31.2 Å². The molecule has 0 atom stereocenters. The van der Waals surface area contributed by atoms with Gasteiger partial charge in [0.2, 0.25) is 15.9 Å². The summed E-state index contributed by atoms with van der Waals surface area (Å²) in [5.41, 5.74) is 0.305. The molecule has 10 nitrogen and oxygen atoms in total. The molecule has 0 aromatic heterocycles. The molecule has 1 amide bonds. The lowest BCUT2D eigenvalue weighted by Crippen LogP contribution is -2.33. The molecular formula is C18H19N3O7S2. The van der Waals surface area contributed by atoms with Gasteiger partial charge in [0, 0.05) is 0 Å². The Kier molecular flexibility index (Phi) is 8.40. The molecule has 2 rings (SSSR count). The van der Waals surface area contributed by atoms with Crippen molar-refractivity contribution >= 4 is 39.6 Å². The Morgan fingerprint density at radius 3 is 2.63 bits per heavy atom. The van der Waals surface area contributed by atoms with E-state index < -0.39 is 28.5 Å². The molecule has 1 saturated heterocycles. The zero-order valence-corrected chi connectivity index (χ0v) is 17.6. The van der Waals surface area contributed by atoms with E-state index in [9.17, 15) is 22.8 Å². The topological polar surface area (TPSA) is 143 Å². The maximum Gasteiger partial charge on any atom is 0.333 e. The lowest BCUT2D eigenvalue weighted by Gasteiger charge is -2.16. The molecule has 0 spiro atoms. The van der Waals surface area contributed by atoms with E-state index >= 15 is 0 Å². The molecule has 30 heavy (non-hydrogen) atoms. The second kappa shape index (κ2) is 10.8. The van der Waals surface area contributed by atoms with Gasteiger partial charge in [0.25, 0.3) is 0 Å². The molecule has 0 saturated carbocycles. The standard InChI is InChI=1S/C18H19N3O7S2/c1-2-27-17(23)9-16-21(15(22)12-29-16)7-8-28-18(24)11-20-30(25,26)14-5-3-13(10-19)4-6-14/h3-6,9,20H,2,7-8,11-12H2,1H3/b16-9+. The van der Waals surface area contributed by atoms with Crippen molar-refractivity contribution in [2.75, 3.05) is 32.1 Å². The zero-order chi connectivity index (χ0) is 22.1. The van der Waals surface area contributed by atoms with E-state index in [4.69, 9.17) is 14.7 Å². The van der Waals surface area contributed by atoms with Crippen molar-refractivity contribution in [2.45, 2.75) is 11.8 Å². The number of sulfonamides is 1. The number of ether oxygens (including phenoxy) is 2. The third-order valence-electron chi connectivity index (χ3n) is 3.72. The molecule has 12 heteroatoms. The number of hydrogen-bond donors (Lipinski definition) is 1. The Morgan fingerprint density at radius 1 is 1.30 bits per heavy atom. The van der Waals surface area contributed by atoms with Crippen LogP contribution in [0.4, 0.5) is 0 Å². The van der Waals surface area contributed by atoms with E-state index in [0.29, 0.717) is 10.6 Å². The number of nitriles is 1. The second-order valence-electron chi connectivity index (χ2n) is 5.75. The summed E-state index contributed by atoms with van der Waals surface area (Å²) in [6.45, 7) is 1.11. The van der Waals surface area contributed by atoms with Gasteiger partial charge in [0.15, 0.2) is 0 Å². The highest BCUT2D eigenvalue weighted by Gasteiger charge is 2.27. The fraction of sp³-hybridized carbons (Fsp3) is 0.333. The van der Waals surface area contributed by atoms with E-state index in [-0.39, 0.29) is 36.3 Å². The van der Waals surface area contributed by atoms with Gasteiger partial charge >= 0.3 is 11.9 Å². The molecule has 1 aromatic carbocycles. The highest BCUT2D eigenvalue weighted by molar-refractivity contribution is 8.04. The number of nitrogens with zero attached hydrogens (tertiary/aromatic N) is 2. The summed E-state index contributed by atoms with van der Waals surface area (Å²) < 4.78 is 36.2. The van der Waals surface area contributed by atoms with Crippen LogP contribution in [0, 0.1) is 11.3 Å². The molecule has 0 bridgehead atoms. The first kappa shape index (κ1) is 23.4. The molecule has 160 valence electrons. The maximum absolute atomic E-state index is 12.2. The number of rotatable bonds is 9. The lowest BCUT2D eigenvalue weighted by molar-refractivity contribution is -0.143. The normalized spacial score (nSPS) is 15.1. The predicted octanol–water partition coefficient (Wildman–Crippen LogP) is 0.360. The number of nitrogens with one attached hydrogen (secondary N) is 1. The van der Waals surface area contributed by atoms with Crippen molar-refractivity contribution in [2.24, 2.45) is 0 Å². The molecule has 1 aliphatic heterocycles. The monoisotopic (exact) mass is 453 g/mol. The number of carbonyl (C=O) groups excluding carboxylic acids is 3. The van der Waals surface area contributed by atoms with Crippen LogP contribution in [-0.4, -0.2) is 63.2 Å². The first-order chi connectivity index (χ1) is 14.3. The number of hydrogen-bond acceptors (Lipinski definition) is 9. The highest BCUT2D eigenvalue weighted by Crippen LogP contribution is 2.28. The SMILES string of the molecule is CCOC(=O)/C=C1/SCC(=O)N1CCOC(=O)CNS(=O)(=O)c1ccc(C#N)cc1. The number of carbonyl (C=O) groups is 3. The Hall–Kier alpha value is -2.88. The van der Waals surface area contributed by atoms with Crippen molar-refractivity contribution in [1.82, 2.24) is 9.62 Å². The molecule has 1 heterocycles. The summed E-state index contributed by atoms with van der Waals surface area (Å²) in [6, 6.07) is 7.07. The van der Waals surface area contributed by atoms with Crippen molar-refractivity contribution in [3.8, 4) is 6.07 Å². The third-order valence-corrected chi connectivity index (χ3v) is 6.16. The highest BCUT2D eigenvalue weighted by atomic mass is 32.2. The maximum atomic E-state index is 12.2. The van der Waals surface area contributed by atoms with Crippen LogP contribution in [0.2, 0.25) is 0 Å². The van der Waals surface area contributed by atoms with Crippen LogP contribution in [0.25, 0.3) is 0 Å². The Bertz CT molecular complexity index is 982. The first-order valence-electron chi connectivity index (χ1n) is 8.74. The Morgan fingerprint density at radius 2 is 2.00 bits per heavy atom. The van der Waals surface area contributed by atoms with E-state index in [1.165, 1.54) is 47.0 Å². The van der Waals surface area contributed by atoms with Crippen molar-refractivity contribution in [3.05, 3.63) is 40.9 Å². The van der Waals surface area contributed by atoms with Gasteiger partial charge in [-0.25, -0.2) is 13.2 Å². The molecular weight excluding hydrogens is 434 g/mol. The second-order valence-corrected chi connectivity index (χ2v) is 8.51. The van der Waals surface area contributed by atoms with Crippen LogP contribution in [0.15, 0.2) is 40.3 Å². The molecule has 1 aromatic rings. The van der Waals surface area contributed by atoms with Gasteiger partial charge in [0.05, 0.1) is 46.5 Å². The Labute approximate surface area is 177 Å². The van der Waals surface area contributed by atoms with E-state index in [1.807, 2.05) is 6.07 Å². The van der Waals surface area contributed by atoms with Crippen LogP contribution >= 0.6 is 11.8 Å². The predicted molar refractivity (Wildman–Crippen MR) is 106 cm³/mol.